The van der Waals surface area contributed by atoms with Crippen LogP contribution in [0, 0.1) is 0 Å². The zero-order valence-corrected chi connectivity index (χ0v) is 10.2. The maximum absolute atomic E-state index is 11.6. The van der Waals surface area contributed by atoms with Gasteiger partial charge in [-0.05, 0) is 24.3 Å². The average molecular weight is 238 g/mol. The minimum Gasteiger partial charge on any atom is -0.352 e. The van der Waals surface area contributed by atoms with Gasteiger partial charge in [0.05, 0.1) is 6.54 Å². The summed E-state index contributed by atoms with van der Waals surface area (Å²) in [4.78, 5) is 12.8. The molecule has 0 spiro atoms. The second-order valence-corrected chi connectivity index (χ2v) is 5.26. The normalized spacial score (nSPS) is 16.5. The van der Waals surface area contributed by atoms with Crippen molar-refractivity contribution in [2.75, 3.05) is 6.54 Å². The van der Waals surface area contributed by atoms with Crippen molar-refractivity contribution in [2.24, 2.45) is 0 Å². The van der Waals surface area contributed by atoms with Gasteiger partial charge in [-0.15, -0.1) is 11.3 Å². The van der Waals surface area contributed by atoms with Crippen molar-refractivity contribution >= 4 is 17.2 Å². The average Bonchev–Trinajstić information content (AvgIpc) is 2.90. The summed E-state index contributed by atoms with van der Waals surface area (Å²) in [5.41, 5.74) is 0. The summed E-state index contributed by atoms with van der Waals surface area (Å²) in [6, 6.07) is 4.53. The molecule has 1 aromatic heterocycles. The number of hydrogen-bond acceptors (Lipinski definition) is 3. The standard InChI is InChI=1S/C12H18N2OS/c15-12(14-10-4-1-2-5-10)9-13-8-11-6-3-7-16-11/h3,6-7,10,13H,1-2,4-5,8-9H2,(H,14,15). The van der Waals surface area contributed by atoms with Crippen LogP contribution < -0.4 is 10.6 Å². The molecular formula is C12H18N2OS. The number of thiophene rings is 1. The molecule has 0 bridgehead atoms. The highest BCUT2D eigenvalue weighted by atomic mass is 32.1. The van der Waals surface area contributed by atoms with Crippen LogP contribution in [0.25, 0.3) is 0 Å². The third-order valence-electron chi connectivity index (χ3n) is 2.89. The zero-order chi connectivity index (χ0) is 11.2. The number of carbonyl (C=O) groups is 1. The molecule has 0 atom stereocenters. The summed E-state index contributed by atoms with van der Waals surface area (Å²) in [5, 5.41) is 8.27. The lowest BCUT2D eigenvalue weighted by molar-refractivity contribution is -0.120. The summed E-state index contributed by atoms with van der Waals surface area (Å²) in [7, 11) is 0. The minimum atomic E-state index is 0.128. The van der Waals surface area contributed by atoms with Gasteiger partial charge in [0.25, 0.3) is 0 Å². The summed E-state index contributed by atoms with van der Waals surface area (Å²) in [6.45, 7) is 1.21. The molecule has 2 rings (SSSR count). The van der Waals surface area contributed by atoms with Gasteiger partial charge in [-0.3, -0.25) is 4.79 Å². The Hall–Kier alpha value is -0.870. The Morgan fingerprint density at radius 1 is 1.44 bits per heavy atom. The predicted molar refractivity (Wildman–Crippen MR) is 66.4 cm³/mol. The first kappa shape index (κ1) is 11.6. The van der Waals surface area contributed by atoms with Crippen molar-refractivity contribution in [3.63, 3.8) is 0 Å². The van der Waals surface area contributed by atoms with Gasteiger partial charge < -0.3 is 10.6 Å². The monoisotopic (exact) mass is 238 g/mol. The van der Waals surface area contributed by atoms with Crippen LogP contribution in [0.3, 0.4) is 0 Å². The zero-order valence-electron chi connectivity index (χ0n) is 9.37. The maximum Gasteiger partial charge on any atom is 0.234 e. The number of carbonyl (C=O) groups excluding carboxylic acids is 1. The van der Waals surface area contributed by atoms with E-state index >= 15 is 0 Å². The summed E-state index contributed by atoms with van der Waals surface area (Å²) < 4.78 is 0. The van der Waals surface area contributed by atoms with E-state index in [1.54, 1.807) is 11.3 Å². The molecule has 1 heterocycles. The molecule has 1 fully saturated rings. The Balaban J connectivity index is 1.60. The number of hydrogen-bond donors (Lipinski definition) is 2. The van der Waals surface area contributed by atoms with Crippen molar-refractivity contribution in [1.29, 1.82) is 0 Å². The highest BCUT2D eigenvalue weighted by Crippen LogP contribution is 2.17. The molecular weight excluding hydrogens is 220 g/mol. The van der Waals surface area contributed by atoms with E-state index in [0.29, 0.717) is 12.6 Å². The molecule has 0 aliphatic heterocycles. The van der Waals surface area contributed by atoms with Gasteiger partial charge in [-0.25, -0.2) is 0 Å². The van der Waals surface area contributed by atoms with Gasteiger partial charge >= 0.3 is 0 Å². The van der Waals surface area contributed by atoms with E-state index in [4.69, 9.17) is 0 Å². The van der Waals surface area contributed by atoms with E-state index in [1.165, 1.54) is 17.7 Å². The number of nitrogens with one attached hydrogen (secondary N) is 2. The van der Waals surface area contributed by atoms with Crippen molar-refractivity contribution in [1.82, 2.24) is 10.6 Å². The van der Waals surface area contributed by atoms with Crippen molar-refractivity contribution < 1.29 is 4.79 Å². The summed E-state index contributed by atoms with van der Waals surface area (Å²) in [6.07, 6.45) is 4.81. The lowest BCUT2D eigenvalue weighted by atomic mass is 10.2. The van der Waals surface area contributed by atoms with Gasteiger partial charge in [-0.1, -0.05) is 18.9 Å². The summed E-state index contributed by atoms with van der Waals surface area (Å²) in [5.74, 6) is 0.128. The first-order valence-electron chi connectivity index (χ1n) is 5.87. The van der Waals surface area contributed by atoms with Crippen LogP contribution in [0.2, 0.25) is 0 Å². The van der Waals surface area contributed by atoms with Gasteiger partial charge in [-0.2, -0.15) is 0 Å². The van der Waals surface area contributed by atoms with E-state index in [9.17, 15) is 4.79 Å². The van der Waals surface area contributed by atoms with E-state index in [2.05, 4.69) is 22.1 Å². The molecule has 1 amide bonds. The topological polar surface area (TPSA) is 41.1 Å². The third kappa shape index (κ3) is 3.61. The first-order chi connectivity index (χ1) is 7.84. The fraction of sp³-hybridized carbons (Fsp3) is 0.583. The molecule has 1 aliphatic carbocycles. The molecule has 0 aromatic carbocycles. The Labute approximate surface area is 100 Å². The Morgan fingerprint density at radius 3 is 2.94 bits per heavy atom. The molecule has 2 N–H and O–H groups in total. The molecule has 3 nitrogen and oxygen atoms in total. The van der Waals surface area contributed by atoms with Crippen LogP contribution >= 0.6 is 11.3 Å². The smallest absolute Gasteiger partial charge is 0.234 e. The minimum absolute atomic E-state index is 0.128. The molecule has 0 radical (unpaired) electrons. The molecule has 1 aliphatic rings. The fourth-order valence-corrected chi connectivity index (χ4v) is 2.74. The summed E-state index contributed by atoms with van der Waals surface area (Å²) >= 11 is 1.71. The van der Waals surface area contributed by atoms with Gasteiger partial charge in [0.2, 0.25) is 5.91 Å². The van der Waals surface area contributed by atoms with Crippen LogP contribution in [0.15, 0.2) is 17.5 Å². The number of amides is 1. The lowest BCUT2D eigenvalue weighted by Crippen LogP contribution is -2.38. The molecule has 16 heavy (non-hydrogen) atoms. The molecule has 1 aromatic rings. The van der Waals surface area contributed by atoms with Gasteiger partial charge in [0.1, 0.15) is 0 Å². The second-order valence-electron chi connectivity index (χ2n) is 4.23. The first-order valence-corrected chi connectivity index (χ1v) is 6.75. The van der Waals surface area contributed by atoms with Crippen molar-refractivity contribution in [3.05, 3.63) is 22.4 Å². The largest absolute Gasteiger partial charge is 0.352 e. The lowest BCUT2D eigenvalue weighted by Gasteiger charge is -2.11. The third-order valence-corrected chi connectivity index (χ3v) is 3.76. The fourth-order valence-electron chi connectivity index (χ4n) is 2.06. The Morgan fingerprint density at radius 2 is 2.25 bits per heavy atom. The van der Waals surface area contributed by atoms with Crippen LogP contribution in [0.5, 0.6) is 0 Å². The molecule has 4 heteroatoms. The Bertz CT molecular complexity index is 318. The van der Waals surface area contributed by atoms with E-state index in [0.717, 1.165) is 19.4 Å². The maximum atomic E-state index is 11.6. The molecule has 0 unspecified atom stereocenters. The van der Waals surface area contributed by atoms with Crippen molar-refractivity contribution in [2.45, 2.75) is 38.3 Å². The molecule has 0 saturated heterocycles. The van der Waals surface area contributed by atoms with Crippen LogP contribution in [0.1, 0.15) is 30.6 Å². The van der Waals surface area contributed by atoms with Crippen LogP contribution in [-0.4, -0.2) is 18.5 Å². The Kier molecular flexibility index (Phi) is 4.36. The predicted octanol–water partition coefficient (Wildman–Crippen LogP) is 1.90. The highest BCUT2D eigenvalue weighted by molar-refractivity contribution is 7.09. The van der Waals surface area contributed by atoms with Gasteiger partial charge in [0.15, 0.2) is 0 Å². The SMILES string of the molecule is O=C(CNCc1cccs1)NC1CCCC1. The molecule has 1 saturated carbocycles. The van der Waals surface area contributed by atoms with E-state index in [-0.39, 0.29) is 5.91 Å². The van der Waals surface area contributed by atoms with E-state index < -0.39 is 0 Å². The quantitative estimate of drug-likeness (QED) is 0.822. The highest BCUT2D eigenvalue weighted by Gasteiger charge is 2.16. The van der Waals surface area contributed by atoms with Crippen LogP contribution in [0.4, 0.5) is 0 Å². The van der Waals surface area contributed by atoms with Crippen molar-refractivity contribution in [3.8, 4) is 0 Å². The number of rotatable bonds is 5. The molecule has 88 valence electrons. The van der Waals surface area contributed by atoms with Crippen LogP contribution in [-0.2, 0) is 11.3 Å². The second kappa shape index (κ2) is 6.01. The van der Waals surface area contributed by atoms with Gasteiger partial charge in [0, 0.05) is 17.5 Å². The van der Waals surface area contributed by atoms with E-state index in [1.807, 2.05) is 6.07 Å².